The highest BCUT2D eigenvalue weighted by Gasteiger charge is 2.12. The summed E-state index contributed by atoms with van der Waals surface area (Å²) in [5.74, 6) is 1.15. The maximum atomic E-state index is 12.0. The first-order chi connectivity index (χ1) is 11.6. The molecule has 124 valence electrons. The average Bonchev–Trinajstić information content (AvgIpc) is 3.24. The molecule has 0 radical (unpaired) electrons. The second-order valence-electron chi connectivity index (χ2n) is 5.83. The van der Waals surface area contributed by atoms with E-state index in [9.17, 15) is 4.79 Å². The lowest BCUT2D eigenvalue weighted by molar-refractivity contribution is -0.120. The third-order valence-electron chi connectivity index (χ3n) is 3.65. The van der Waals surface area contributed by atoms with E-state index in [2.05, 4.69) is 41.5 Å². The Morgan fingerprint density at radius 3 is 2.67 bits per heavy atom. The number of carbonyl (C=O) groups excluding carboxylic acids is 1. The third-order valence-corrected chi connectivity index (χ3v) is 4.50. The summed E-state index contributed by atoms with van der Waals surface area (Å²) in [7, 11) is 0. The van der Waals surface area contributed by atoms with Crippen molar-refractivity contribution in [3.05, 3.63) is 58.8 Å². The van der Waals surface area contributed by atoms with Crippen molar-refractivity contribution in [2.75, 3.05) is 0 Å². The van der Waals surface area contributed by atoms with Crippen LogP contribution in [0.3, 0.4) is 0 Å². The van der Waals surface area contributed by atoms with Gasteiger partial charge in [0.1, 0.15) is 6.42 Å². The molecule has 2 heterocycles. The van der Waals surface area contributed by atoms with Gasteiger partial charge in [-0.15, -0.1) is 21.5 Å². The molecular weight excluding hydrogens is 322 g/mol. The minimum Gasteiger partial charge on any atom is -0.419 e. The molecule has 1 amide bonds. The summed E-state index contributed by atoms with van der Waals surface area (Å²) < 4.78 is 5.52. The first kappa shape index (κ1) is 16.4. The summed E-state index contributed by atoms with van der Waals surface area (Å²) in [5, 5.41) is 12.7. The summed E-state index contributed by atoms with van der Waals surface area (Å²) >= 11 is 1.52. The van der Waals surface area contributed by atoms with Crippen LogP contribution in [0.1, 0.15) is 36.8 Å². The molecule has 0 bridgehead atoms. The molecule has 5 nitrogen and oxygen atoms in total. The van der Waals surface area contributed by atoms with E-state index in [1.54, 1.807) is 0 Å². The van der Waals surface area contributed by atoms with Crippen LogP contribution in [0.5, 0.6) is 0 Å². The van der Waals surface area contributed by atoms with Gasteiger partial charge in [-0.05, 0) is 28.5 Å². The minimum absolute atomic E-state index is 0.0858. The summed E-state index contributed by atoms with van der Waals surface area (Å²) in [4.78, 5) is 12.9. The summed E-state index contributed by atoms with van der Waals surface area (Å²) in [6.07, 6.45) is 0.0858. The van der Waals surface area contributed by atoms with Crippen molar-refractivity contribution in [2.45, 2.75) is 32.7 Å². The number of amides is 1. The largest absolute Gasteiger partial charge is 0.419 e. The van der Waals surface area contributed by atoms with Crippen molar-refractivity contribution < 1.29 is 9.21 Å². The van der Waals surface area contributed by atoms with Crippen LogP contribution in [0.15, 0.2) is 46.2 Å². The van der Waals surface area contributed by atoms with Crippen LogP contribution < -0.4 is 5.32 Å². The molecule has 1 aromatic carbocycles. The highest BCUT2D eigenvalue weighted by Crippen LogP contribution is 2.23. The minimum atomic E-state index is -0.135. The molecule has 3 aromatic rings. The molecule has 2 aromatic heterocycles. The molecular formula is C18H19N3O2S. The molecule has 0 spiro atoms. The molecule has 0 saturated heterocycles. The van der Waals surface area contributed by atoms with Crippen LogP contribution in [0, 0.1) is 0 Å². The second kappa shape index (κ2) is 7.40. The molecule has 1 N–H and O–H groups in total. The molecule has 0 fully saturated rings. The van der Waals surface area contributed by atoms with E-state index >= 15 is 0 Å². The fraction of sp³-hybridized carbons (Fsp3) is 0.278. The lowest BCUT2D eigenvalue weighted by Crippen LogP contribution is -2.24. The average molecular weight is 341 g/mol. The molecule has 24 heavy (non-hydrogen) atoms. The Morgan fingerprint density at radius 2 is 2.00 bits per heavy atom. The number of benzene rings is 1. The molecule has 0 saturated carbocycles. The monoisotopic (exact) mass is 341 g/mol. The SMILES string of the molecule is CC(C)c1ccc(CNC(=O)Cc2nnc(-c3cccs3)o2)cc1. The number of rotatable bonds is 6. The standard InChI is InChI=1S/C18H19N3O2S/c1-12(2)14-7-5-13(6-8-14)11-19-16(22)10-17-20-21-18(23-17)15-4-3-9-24-15/h3-9,12H,10-11H2,1-2H3,(H,19,22). The lowest BCUT2D eigenvalue weighted by Gasteiger charge is -2.07. The van der Waals surface area contributed by atoms with Gasteiger partial charge in [0.05, 0.1) is 4.88 Å². The van der Waals surface area contributed by atoms with E-state index in [4.69, 9.17) is 4.42 Å². The summed E-state index contributed by atoms with van der Waals surface area (Å²) in [6, 6.07) is 12.1. The quantitative estimate of drug-likeness (QED) is 0.741. The Morgan fingerprint density at radius 1 is 1.21 bits per heavy atom. The fourth-order valence-corrected chi connectivity index (χ4v) is 2.89. The van der Waals surface area contributed by atoms with E-state index in [0.717, 1.165) is 10.4 Å². The highest BCUT2D eigenvalue weighted by molar-refractivity contribution is 7.13. The van der Waals surface area contributed by atoms with Gasteiger partial charge in [0.2, 0.25) is 11.8 Å². The number of nitrogens with zero attached hydrogens (tertiary/aromatic N) is 2. The van der Waals surface area contributed by atoms with Gasteiger partial charge in [-0.25, -0.2) is 0 Å². The molecule has 6 heteroatoms. The molecule has 0 aliphatic carbocycles. The van der Waals surface area contributed by atoms with Crippen molar-refractivity contribution in [3.8, 4) is 10.8 Å². The first-order valence-electron chi connectivity index (χ1n) is 7.83. The summed E-state index contributed by atoms with van der Waals surface area (Å²) in [5.41, 5.74) is 2.36. The maximum Gasteiger partial charge on any atom is 0.257 e. The number of thiophene rings is 1. The van der Waals surface area contributed by atoms with Crippen LogP contribution in [0.25, 0.3) is 10.8 Å². The van der Waals surface area contributed by atoms with Gasteiger partial charge >= 0.3 is 0 Å². The number of hydrogen-bond acceptors (Lipinski definition) is 5. The molecule has 0 atom stereocenters. The summed E-state index contributed by atoms with van der Waals surface area (Å²) in [6.45, 7) is 4.81. The molecule has 0 aliphatic rings. The van der Waals surface area contributed by atoms with Crippen molar-refractivity contribution >= 4 is 17.2 Å². The van der Waals surface area contributed by atoms with Gasteiger partial charge in [0.25, 0.3) is 5.89 Å². The predicted molar refractivity (Wildman–Crippen MR) is 93.7 cm³/mol. The van der Waals surface area contributed by atoms with E-state index in [1.807, 2.05) is 29.6 Å². The van der Waals surface area contributed by atoms with Crippen molar-refractivity contribution in [1.82, 2.24) is 15.5 Å². The number of carbonyl (C=O) groups is 1. The van der Waals surface area contributed by atoms with Gasteiger partial charge < -0.3 is 9.73 Å². The van der Waals surface area contributed by atoms with Gasteiger partial charge in [-0.1, -0.05) is 44.2 Å². The van der Waals surface area contributed by atoms with E-state index in [0.29, 0.717) is 24.2 Å². The Kier molecular flexibility index (Phi) is 5.05. The lowest BCUT2D eigenvalue weighted by atomic mass is 10.0. The van der Waals surface area contributed by atoms with Crippen molar-refractivity contribution in [3.63, 3.8) is 0 Å². The number of nitrogens with one attached hydrogen (secondary N) is 1. The van der Waals surface area contributed by atoms with Crippen LogP contribution in [0.4, 0.5) is 0 Å². The third kappa shape index (κ3) is 4.08. The van der Waals surface area contributed by atoms with Crippen LogP contribution >= 0.6 is 11.3 Å². The fourth-order valence-electron chi connectivity index (χ4n) is 2.25. The molecule has 0 unspecified atom stereocenters. The topological polar surface area (TPSA) is 68.0 Å². The van der Waals surface area contributed by atoms with E-state index in [1.165, 1.54) is 16.9 Å². The Bertz CT molecular complexity index is 792. The zero-order chi connectivity index (χ0) is 16.9. The molecule has 3 rings (SSSR count). The number of hydrogen-bond donors (Lipinski definition) is 1. The maximum absolute atomic E-state index is 12.0. The van der Waals surface area contributed by atoms with Crippen molar-refractivity contribution in [1.29, 1.82) is 0 Å². The van der Waals surface area contributed by atoms with Gasteiger partial charge in [0.15, 0.2) is 0 Å². The second-order valence-corrected chi connectivity index (χ2v) is 6.78. The zero-order valence-electron chi connectivity index (χ0n) is 13.7. The first-order valence-corrected chi connectivity index (χ1v) is 8.71. The van der Waals surface area contributed by atoms with Crippen LogP contribution in [-0.2, 0) is 17.8 Å². The smallest absolute Gasteiger partial charge is 0.257 e. The predicted octanol–water partition coefficient (Wildman–Crippen LogP) is 3.78. The Labute approximate surface area is 144 Å². The number of aromatic nitrogens is 2. The van der Waals surface area contributed by atoms with Crippen LogP contribution in [-0.4, -0.2) is 16.1 Å². The normalized spacial score (nSPS) is 11.0. The zero-order valence-corrected chi connectivity index (χ0v) is 14.5. The highest BCUT2D eigenvalue weighted by atomic mass is 32.1. The van der Waals surface area contributed by atoms with E-state index < -0.39 is 0 Å². The van der Waals surface area contributed by atoms with Crippen molar-refractivity contribution in [2.24, 2.45) is 0 Å². The van der Waals surface area contributed by atoms with Gasteiger partial charge in [0, 0.05) is 6.54 Å². The van der Waals surface area contributed by atoms with Crippen LogP contribution in [0.2, 0.25) is 0 Å². The van der Waals surface area contributed by atoms with Gasteiger partial charge in [-0.3, -0.25) is 4.79 Å². The molecule has 0 aliphatic heterocycles. The Balaban J connectivity index is 1.52. The van der Waals surface area contributed by atoms with E-state index in [-0.39, 0.29) is 12.3 Å². The Hall–Kier alpha value is -2.47. The van der Waals surface area contributed by atoms with Gasteiger partial charge in [-0.2, -0.15) is 0 Å².